The van der Waals surface area contributed by atoms with Gasteiger partial charge in [0.15, 0.2) is 11.7 Å². The first-order chi connectivity index (χ1) is 50.6. The van der Waals surface area contributed by atoms with Gasteiger partial charge in [-0.1, -0.05) is 60.9 Å². The predicted octanol–water partition coefficient (Wildman–Crippen LogP) is 0.359. The fraction of sp³-hybridized carbons (Fsp3) is 0.557. The third-order valence-corrected chi connectivity index (χ3v) is 19.9. The predicted molar refractivity (Wildman–Crippen MR) is 389 cm³/mol. The van der Waals surface area contributed by atoms with Crippen molar-refractivity contribution in [2.24, 2.45) is 28.1 Å². The van der Waals surface area contributed by atoms with Crippen LogP contribution in [-0.2, 0) is 103 Å². The number of hydrogen-bond donors (Lipinski definition) is 13. The molecule has 4 bridgehead atoms. The van der Waals surface area contributed by atoms with Crippen molar-refractivity contribution in [2.45, 2.75) is 177 Å². The van der Waals surface area contributed by atoms with Gasteiger partial charge in [-0.05, 0) is 108 Å². The van der Waals surface area contributed by atoms with E-state index < -0.39 is 162 Å². The van der Waals surface area contributed by atoms with Crippen LogP contribution in [-0.4, -0.2) is 240 Å². The van der Waals surface area contributed by atoms with Gasteiger partial charge < -0.3 is 108 Å². The summed E-state index contributed by atoms with van der Waals surface area (Å²) in [5.41, 5.74) is 15.1. The average molecular weight is 1590 g/mol. The number of guanidine groups is 1. The number of anilines is 1. The molecule has 35 nitrogen and oxygen atoms in total. The number of phenols is 1. The number of allylic oxidation sites excluding steroid dienone is 3. The molecule has 0 aromatic heterocycles. The maximum atomic E-state index is 14.5. The van der Waals surface area contributed by atoms with Gasteiger partial charge in [0.2, 0.25) is 47.3 Å². The summed E-state index contributed by atoms with van der Waals surface area (Å²) in [6, 6.07) is 1.27. The number of aliphatic hydroxyl groups is 1. The summed E-state index contributed by atoms with van der Waals surface area (Å²) in [6.07, 6.45) is 0.389. The van der Waals surface area contributed by atoms with Crippen molar-refractivity contribution >= 4 is 112 Å². The summed E-state index contributed by atoms with van der Waals surface area (Å²) in [7, 11) is 5.67. The number of carboxylic acids is 1. The Bertz CT molecular complexity index is 3670. The van der Waals surface area contributed by atoms with E-state index in [9.17, 15) is 77.6 Å². The third kappa shape index (κ3) is 26.2. The number of carbonyl (C=O) groups excluding carboxylic acids is 12. The first-order valence-corrected chi connectivity index (χ1v) is 36.3. The molecular formula is C70H98ClN14O21SV-. The molecular weight excluding hydrogens is 1490 g/mol. The molecule has 593 valence electrons. The number of aromatic hydroxyl groups is 1. The number of halogens is 1. The van der Waals surface area contributed by atoms with Crippen molar-refractivity contribution in [1.29, 1.82) is 0 Å². The number of likely N-dealkylation sites (N-methyl/N-ethyl adjacent to an activating group) is 1. The number of benzene rings is 2. The fourth-order valence-corrected chi connectivity index (χ4v) is 13.3. The summed E-state index contributed by atoms with van der Waals surface area (Å²) in [5, 5.41) is 50.0. The Labute approximate surface area is 646 Å². The zero-order valence-electron chi connectivity index (χ0n) is 61.4. The Morgan fingerprint density at radius 2 is 1.52 bits per heavy atom. The van der Waals surface area contributed by atoms with Crippen LogP contribution < -0.4 is 64.1 Å². The maximum Gasteiger partial charge on any atom is 0.409 e. The quantitative estimate of drug-likeness (QED) is 0.00843. The number of aliphatic carboxylic acids is 1. The number of imide groups is 1. The molecule has 4 aliphatic heterocycles. The number of methoxy groups -OCH3 is 2. The second-order valence-electron chi connectivity index (χ2n) is 26.7. The monoisotopic (exact) mass is 1590 g/mol. The van der Waals surface area contributed by atoms with Crippen molar-refractivity contribution in [3.05, 3.63) is 82.8 Å². The molecule has 108 heavy (non-hydrogen) atoms. The number of carbonyl (C=O) groups is 13. The number of fused-ring (bicyclic) bond motifs is 5. The molecule has 38 heteroatoms. The van der Waals surface area contributed by atoms with Gasteiger partial charge in [0.25, 0.3) is 0 Å². The number of rotatable bonds is 35. The van der Waals surface area contributed by atoms with Crippen LogP contribution in [0, 0.1) is 12.3 Å². The molecule has 2 aromatic rings. The Kier molecular flexibility index (Phi) is 34.6. The van der Waals surface area contributed by atoms with Crippen LogP contribution in [0.3, 0.4) is 0 Å². The first-order valence-electron chi connectivity index (χ1n) is 34.7. The zero-order valence-corrected chi connectivity index (χ0v) is 64.4. The number of alkyl carbamates (subject to hydrolysis) is 1. The standard InChI is InChI=1S/C70H98ClN14O21S.V/c1-38-14-11-18-51(103-8)70(101)35-50(104-68(100)82-70)39(2)60-69(4,106-60)52(34-58(92)84(6)48-32-42(30-38)33-49(102-7)59(48)71)105-65(98)40(3)83(5)55(89)25-29-107-37-54(88)79-45(17-13-28-77-67(74)99)62(94)80-46(63(95)81-47(64(96)97)31-41-19-21-43(86)22-20-41)15-9-10-26-75-61(93)44(16-12-27-76-66(72)73)78-53(87)36-85-56(90)23-24-57(85)91;/h11,14,18-23,32-33,39-40,44-47,50-52,60,86,101H,9-10,12-13,15-17,24-31,34-37H2,1-8H3,(H,75,93)(H,78,87)(H,79,88)(H,80,94)(H,81,95)(H,82,100)(H,96,97)(H4,72,73,76)(H3,74,77,99);/q-1;/b18-11+,38-14+;/t39-,40+,44+,45+,46+,47+,50+,51-,52+,60+,69+,70+;/m1./s1. The van der Waals surface area contributed by atoms with Crippen molar-refractivity contribution in [1.82, 2.24) is 47.0 Å². The third-order valence-electron chi connectivity index (χ3n) is 18.6. The molecule has 6 rings (SSSR count). The topological polar surface area (TPSA) is 516 Å². The van der Waals surface area contributed by atoms with E-state index in [4.69, 9.17) is 52.5 Å². The van der Waals surface area contributed by atoms with E-state index in [1.807, 2.05) is 6.92 Å². The molecule has 0 aliphatic carbocycles. The number of epoxide rings is 1. The summed E-state index contributed by atoms with van der Waals surface area (Å²) in [5.74, 6) is -9.79. The number of carboxylic acid groups (broad SMARTS) is 1. The summed E-state index contributed by atoms with van der Waals surface area (Å²) >= 11 is 7.84. The second-order valence-corrected chi connectivity index (χ2v) is 28.2. The number of nitrogens with zero attached hydrogens (tertiary/aromatic N) is 4. The number of hydrogen-bond acceptors (Lipinski definition) is 22. The number of nitrogens with one attached hydrogen (secondary N) is 7. The van der Waals surface area contributed by atoms with Crippen LogP contribution in [0.25, 0.3) is 0 Å². The fourth-order valence-electron chi connectivity index (χ4n) is 12.3. The molecule has 1 radical (unpaired) electrons. The minimum Gasteiger partial charge on any atom is -0.508 e. The van der Waals surface area contributed by atoms with E-state index in [-0.39, 0.29) is 148 Å². The second kappa shape index (κ2) is 41.9. The van der Waals surface area contributed by atoms with Gasteiger partial charge in [-0.2, -0.15) is 11.8 Å². The summed E-state index contributed by atoms with van der Waals surface area (Å²) in [4.78, 5) is 180. The van der Waals surface area contributed by atoms with Gasteiger partial charge in [-0.25, -0.2) is 19.2 Å². The maximum absolute atomic E-state index is 14.5. The zero-order chi connectivity index (χ0) is 79.0. The molecule has 3 fully saturated rings. The number of likely N-dealkylation sites (tertiary alicyclic amines) is 1. The number of nitrogens with two attached hydrogens (primary N) is 3. The molecule has 4 heterocycles. The molecule has 16 N–H and O–H groups in total. The SMILES string of the molecule is COc1cc2cc(c1Cl)N(C)C(=O)C[C@H](OC(=O)[C@H](C)N(C)C(=O)CCSCC(=O)N[C@@H](CCCNC(N)=O)C(=O)N[C@@H](CCCCNC(=O)[C@H](CCCN=C(N)N)NC(=O)CN1C(=O)[CH-]CC1=O)C(=O)N[C@@H](Cc1ccc(O)cc1)C(=O)O)[C@]1(C)O[C@H]1[C@H](C)[C@@H]1C[C@@](O)(NC(=O)O1)[C@H](OC)/C=C/C=C(\C)C2.[V]. The number of amides is 12. The molecule has 2 aromatic carbocycles. The van der Waals surface area contributed by atoms with Gasteiger partial charge in [0.05, 0.1) is 37.0 Å². The Morgan fingerprint density at radius 1 is 0.880 bits per heavy atom. The van der Waals surface area contributed by atoms with E-state index in [1.165, 1.54) is 64.4 Å². The van der Waals surface area contributed by atoms with Gasteiger partial charge in [0.1, 0.15) is 77.2 Å². The van der Waals surface area contributed by atoms with E-state index in [0.29, 0.717) is 17.5 Å². The molecule has 0 saturated carbocycles. The number of esters is 1. The molecule has 12 atom stereocenters. The average Bonchev–Trinajstić information content (AvgIpc) is 1.57. The minimum atomic E-state index is -1.95. The number of unbranched alkanes of at least 4 members (excludes halogenated alkanes) is 1. The normalized spacial score (nSPS) is 22.6. The van der Waals surface area contributed by atoms with Gasteiger partial charge in [-0.15, -0.1) is 0 Å². The van der Waals surface area contributed by atoms with Crippen molar-refractivity contribution in [3.8, 4) is 11.5 Å². The smallest absolute Gasteiger partial charge is 0.409 e. The van der Waals surface area contributed by atoms with E-state index in [1.54, 1.807) is 44.2 Å². The molecule has 4 aliphatic rings. The molecule has 0 spiro atoms. The molecule has 0 unspecified atom stereocenters. The Hall–Kier alpha value is -9.33. The number of primary amides is 1. The van der Waals surface area contributed by atoms with Crippen LogP contribution >= 0.6 is 23.4 Å². The van der Waals surface area contributed by atoms with Crippen molar-refractivity contribution in [3.63, 3.8) is 0 Å². The van der Waals surface area contributed by atoms with Gasteiger partial charge in [-0.3, -0.25) is 55.1 Å². The van der Waals surface area contributed by atoms with E-state index >= 15 is 0 Å². The van der Waals surface area contributed by atoms with Gasteiger partial charge >= 0.3 is 24.1 Å². The van der Waals surface area contributed by atoms with Crippen LogP contribution in [0.4, 0.5) is 15.3 Å². The molecule has 12 amide bonds. The number of phenolic OH excluding ortho intramolecular Hbond substituents is 1. The Balaban J connectivity index is 0.0000209. The summed E-state index contributed by atoms with van der Waals surface area (Å²) in [6.45, 7) is 5.98. The van der Waals surface area contributed by atoms with Crippen molar-refractivity contribution < 1.29 is 120 Å². The van der Waals surface area contributed by atoms with Crippen LogP contribution in [0.5, 0.6) is 11.5 Å². The number of urea groups is 1. The largest absolute Gasteiger partial charge is 0.508 e. The first kappa shape index (κ1) is 89.3. The van der Waals surface area contributed by atoms with E-state index in [2.05, 4.69) is 42.2 Å². The number of ether oxygens (including phenoxy) is 5. The minimum absolute atomic E-state index is 0. The van der Waals surface area contributed by atoms with Crippen LogP contribution in [0.15, 0.2) is 65.2 Å². The summed E-state index contributed by atoms with van der Waals surface area (Å²) < 4.78 is 29.5. The molecule has 3 saturated heterocycles. The van der Waals surface area contributed by atoms with Crippen LogP contribution in [0.1, 0.15) is 109 Å². The Morgan fingerprint density at radius 3 is 2.16 bits per heavy atom. The van der Waals surface area contributed by atoms with Gasteiger partial charge in [0, 0.05) is 90.3 Å². The van der Waals surface area contributed by atoms with E-state index in [0.717, 1.165) is 33.6 Å². The number of thioether (sulfide) groups is 1. The van der Waals surface area contributed by atoms with Crippen LogP contribution in [0.2, 0.25) is 5.02 Å². The number of aliphatic imine (C=N–C) groups is 1. The van der Waals surface area contributed by atoms with Crippen molar-refractivity contribution in [2.75, 3.05) is 70.9 Å².